The first-order valence-electron chi connectivity index (χ1n) is 49.4. The monoisotopic (exact) mass is 1830 g/mol. The first-order valence-corrected chi connectivity index (χ1v) is 49.4. The fourth-order valence-corrected chi connectivity index (χ4v) is 21.1. The molecule has 26 aromatic rings. The average molecular weight is 1830 g/mol. The van der Waals surface area contributed by atoms with Crippen molar-refractivity contribution in [3.05, 3.63) is 582 Å². The number of fused-ring (bicyclic) bond motifs is 8. The fourth-order valence-electron chi connectivity index (χ4n) is 21.1. The SMILES string of the molecule is c1ccc(N(c2ccc(-c3ccc(-c4ccc5cc6cc(-c7ccc(-c8ccc(N(c9ccccc9)c9ccc%10ccccc%10c9)cc8)cc7)ccc6cc5c4)cc3)cc2)c2ccc3ccccc3c2)cc1.c1ccc(N(c2ccccc2)c2ccc(-c3ccc(-c4ccc5cc6cc(-c7ccc(-c8ccc(N(c9ccccc9)c9ccccc9)cc8)c8ccccc78)ccc6cc5c4)c4ccccc34)cc2)cc1. The quantitative estimate of drug-likeness (QED) is 0.0705. The molecule has 0 amide bonds. The zero-order valence-corrected chi connectivity index (χ0v) is 79.2. The molecular weight excluding hydrogens is 1740 g/mol. The van der Waals surface area contributed by atoms with Gasteiger partial charge in [-0.1, -0.05) is 388 Å². The van der Waals surface area contributed by atoms with E-state index in [1.807, 2.05) is 0 Å². The van der Waals surface area contributed by atoms with E-state index in [0.29, 0.717) is 0 Å². The zero-order valence-electron chi connectivity index (χ0n) is 79.2. The smallest absolute Gasteiger partial charge is 0.0468 e. The highest BCUT2D eigenvalue weighted by Gasteiger charge is 2.22. The van der Waals surface area contributed by atoms with Crippen LogP contribution in [-0.4, -0.2) is 0 Å². The van der Waals surface area contributed by atoms with Crippen molar-refractivity contribution < 1.29 is 0 Å². The molecule has 4 nitrogen and oxygen atoms in total. The van der Waals surface area contributed by atoms with Gasteiger partial charge in [0.25, 0.3) is 0 Å². The van der Waals surface area contributed by atoms with Crippen molar-refractivity contribution in [1.29, 1.82) is 0 Å². The van der Waals surface area contributed by atoms with Gasteiger partial charge in [0.15, 0.2) is 0 Å². The van der Waals surface area contributed by atoms with Gasteiger partial charge in [0.2, 0.25) is 0 Å². The lowest BCUT2D eigenvalue weighted by atomic mass is 9.90. The molecule has 0 aliphatic carbocycles. The van der Waals surface area contributed by atoms with Crippen LogP contribution >= 0.6 is 0 Å². The first-order chi connectivity index (χ1) is 71.3. The normalized spacial score (nSPS) is 11.3. The Hall–Kier alpha value is -19.0. The molecule has 676 valence electrons. The molecule has 0 fully saturated rings. The average Bonchev–Trinajstić information content (AvgIpc) is 0.744. The van der Waals surface area contributed by atoms with Crippen molar-refractivity contribution in [2.75, 3.05) is 19.6 Å². The van der Waals surface area contributed by atoms with Crippen LogP contribution < -0.4 is 19.6 Å². The van der Waals surface area contributed by atoms with Gasteiger partial charge in [0.05, 0.1) is 0 Å². The molecule has 0 aliphatic heterocycles. The number of hydrogen-bond donors (Lipinski definition) is 0. The van der Waals surface area contributed by atoms with E-state index in [1.54, 1.807) is 0 Å². The van der Waals surface area contributed by atoms with E-state index in [-0.39, 0.29) is 0 Å². The highest BCUT2D eigenvalue weighted by Crippen LogP contribution is 2.47. The Labute approximate surface area is 839 Å². The molecule has 0 aromatic heterocycles. The van der Waals surface area contributed by atoms with E-state index >= 15 is 0 Å². The van der Waals surface area contributed by atoms with Gasteiger partial charge in [-0.3, -0.25) is 0 Å². The minimum atomic E-state index is 1.12. The second kappa shape index (κ2) is 38.4. The van der Waals surface area contributed by atoms with Crippen LogP contribution in [0.4, 0.5) is 68.2 Å². The van der Waals surface area contributed by atoms with Crippen LogP contribution in [0, 0.1) is 0 Å². The predicted octanol–water partition coefficient (Wildman–Crippen LogP) is 39.8. The number of anilines is 12. The molecule has 0 atom stereocenters. The summed E-state index contributed by atoms with van der Waals surface area (Å²) in [5.41, 5.74) is 32.8. The van der Waals surface area contributed by atoms with Crippen LogP contribution in [0.15, 0.2) is 582 Å². The summed E-state index contributed by atoms with van der Waals surface area (Å²) in [6.07, 6.45) is 0. The van der Waals surface area contributed by atoms with E-state index in [4.69, 9.17) is 0 Å². The molecule has 0 spiro atoms. The molecule has 26 aromatic carbocycles. The number of rotatable bonds is 20. The standard InChI is InChI=1S/2C70H48N2/c1-5-17-57(18-6-1)71(58-19-7-2-8-20-58)61-37-33-49(34-38-61)63-41-43-65(69-27-15-13-25-67(63)69)53-31-29-51-46-56-48-54(32-30-52(56)45-55(51)47-53)66-44-42-64(68-26-14-16-28-70(66)68)50-35-39-62(40-36-50)72(59-21-9-3-10-22-59)60-23-11-4-12-24-60;1-3-15-65(16-4-1)71(69-41-35-49-11-7-9-13-57(49)47-69)67-37-31-53(32-38-67)51-19-23-55(24-20-51)59-27-29-61-46-64-44-60(28-30-62(64)45-63(61)43-59)56-25-21-52(22-26-56)54-33-39-68(40-34-54)72(66-17-5-2-6-18-66)70-42-36-50-12-8-10-14-58(50)48-70/h2*1-48H. The number of nitrogens with zero attached hydrogens (tertiary/aromatic N) is 4. The number of para-hydroxylation sites is 6. The van der Waals surface area contributed by atoms with Gasteiger partial charge in [0.1, 0.15) is 0 Å². The minimum Gasteiger partial charge on any atom is -0.311 e. The topological polar surface area (TPSA) is 13.0 Å². The third kappa shape index (κ3) is 17.3. The molecule has 0 aliphatic rings. The van der Waals surface area contributed by atoms with Crippen molar-refractivity contribution in [1.82, 2.24) is 0 Å². The summed E-state index contributed by atoms with van der Waals surface area (Å²) in [6.45, 7) is 0. The second-order valence-corrected chi connectivity index (χ2v) is 37.1. The summed E-state index contributed by atoms with van der Waals surface area (Å²) in [4.78, 5) is 9.27. The van der Waals surface area contributed by atoms with Gasteiger partial charge in [-0.05, 0) is 369 Å². The summed E-state index contributed by atoms with van der Waals surface area (Å²) in [5, 5.41) is 19.8. The van der Waals surface area contributed by atoms with Crippen LogP contribution in [0.25, 0.3) is 175 Å². The van der Waals surface area contributed by atoms with Gasteiger partial charge in [-0.15, -0.1) is 0 Å². The molecule has 0 heterocycles. The molecule has 4 heteroatoms. The number of benzene rings is 26. The lowest BCUT2D eigenvalue weighted by Crippen LogP contribution is -2.09. The molecular formula is C140H96N4. The van der Waals surface area contributed by atoms with Crippen molar-refractivity contribution in [3.63, 3.8) is 0 Å². The van der Waals surface area contributed by atoms with Crippen LogP contribution in [0.5, 0.6) is 0 Å². The largest absolute Gasteiger partial charge is 0.311 e. The van der Waals surface area contributed by atoms with Gasteiger partial charge in [0, 0.05) is 68.2 Å². The lowest BCUT2D eigenvalue weighted by molar-refractivity contribution is 1.28. The molecule has 0 saturated heterocycles. The fraction of sp³-hybridized carbons (Fsp3) is 0. The zero-order chi connectivity index (χ0) is 95.6. The van der Waals surface area contributed by atoms with Crippen LogP contribution in [0.3, 0.4) is 0 Å². The van der Waals surface area contributed by atoms with Crippen molar-refractivity contribution in [3.8, 4) is 89.0 Å². The summed E-state index contributed by atoms with van der Waals surface area (Å²) in [7, 11) is 0. The van der Waals surface area contributed by atoms with E-state index in [2.05, 4.69) is 602 Å². The highest BCUT2D eigenvalue weighted by molar-refractivity contribution is 6.11. The Bertz CT molecular complexity index is 8570. The second-order valence-electron chi connectivity index (χ2n) is 37.1. The van der Waals surface area contributed by atoms with Crippen molar-refractivity contribution >= 4 is 154 Å². The maximum Gasteiger partial charge on any atom is 0.0468 e. The Kier molecular flexibility index (Phi) is 23.1. The summed E-state index contributed by atoms with van der Waals surface area (Å²) in [6, 6.07) is 211. The third-order valence-electron chi connectivity index (χ3n) is 28.4. The predicted molar refractivity (Wildman–Crippen MR) is 615 cm³/mol. The van der Waals surface area contributed by atoms with Crippen LogP contribution in [0.2, 0.25) is 0 Å². The third-order valence-corrected chi connectivity index (χ3v) is 28.4. The van der Waals surface area contributed by atoms with Gasteiger partial charge in [-0.25, -0.2) is 0 Å². The highest BCUT2D eigenvalue weighted by atomic mass is 15.2. The van der Waals surface area contributed by atoms with E-state index in [9.17, 15) is 0 Å². The molecule has 0 radical (unpaired) electrons. The van der Waals surface area contributed by atoms with Crippen molar-refractivity contribution in [2.45, 2.75) is 0 Å². The van der Waals surface area contributed by atoms with Crippen LogP contribution in [-0.2, 0) is 0 Å². The summed E-state index contributed by atoms with van der Waals surface area (Å²) >= 11 is 0. The Morgan fingerprint density at radius 2 is 0.250 bits per heavy atom. The van der Waals surface area contributed by atoms with Crippen molar-refractivity contribution in [2.24, 2.45) is 0 Å². The first kappa shape index (κ1) is 86.6. The molecule has 26 rings (SSSR count). The number of hydrogen-bond acceptors (Lipinski definition) is 4. The van der Waals surface area contributed by atoms with Gasteiger partial charge in [-0.2, -0.15) is 0 Å². The Balaban J connectivity index is 0.000000151. The molecule has 0 bridgehead atoms. The summed E-state index contributed by atoms with van der Waals surface area (Å²) < 4.78 is 0. The van der Waals surface area contributed by atoms with Gasteiger partial charge >= 0.3 is 0 Å². The van der Waals surface area contributed by atoms with E-state index < -0.39 is 0 Å². The van der Waals surface area contributed by atoms with Crippen LogP contribution in [0.1, 0.15) is 0 Å². The molecule has 0 N–H and O–H groups in total. The van der Waals surface area contributed by atoms with E-state index in [0.717, 1.165) is 68.2 Å². The Morgan fingerprint density at radius 3 is 0.521 bits per heavy atom. The molecule has 0 saturated carbocycles. The lowest BCUT2D eigenvalue weighted by Gasteiger charge is -2.26. The molecule has 144 heavy (non-hydrogen) atoms. The summed E-state index contributed by atoms with van der Waals surface area (Å²) in [5.74, 6) is 0. The minimum absolute atomic E-state index is 1.12. The Morgan fingerprint density at radius 1 is 0.0833 bits per heavy atom. The van der Waals surface area contributed by atoms with Gasteiger partial charge < -0.3 is 19.6 Å². The molecule has 0 unspecified atom stereocenters. The van der Waals surface area contributed by atoms with E-state index in [1.165, 1.54) is 175 Å². The maximum atomic E-state index is 2.36. The maximum absolute atomic E-state index is 2.36.